The van der Waals surface area contributed by atoms with Crippen LogP contribution in [0, 0.1) is 5.92 Å². The summed E-state index contributed by atoms with van der Waals surface area (Å²) >= 11 is 0. The Kier molecular flexibility index (Phi) is 11.7. The van der Waals surface area contributed by atoms with Crippen LogP contribution in [0.1, 0.15) is 51.4 Å². The number of hydrogen-bond acceptors (Lipinski definition) is 5. The molecule has 3 aliphatic rings. The fourth-order valence-electron chi connectivity index (χ4n) is 4.89. The Morgan fingerprint density at radius 1 is 1.00 bits per heavy atom. The summed E-state index contributed by atoms with van der Waals surface area (Å²) in [5.41, 5.74) is 0. The number of hydrazine groups is 1. The minimum Gasteiger partial charge on any atom is -0.481 e. The molecule has 2 heterocycles. The van der Waals surface area contributed by atoms with E-state index in [0.717, 1.165) is 77.8 Å². The van der Waals surface area contributed by atoms with Gasteiger partial charge in [0, 0.05) is 44.7 Å². The van der Waals surface area contributed by atoms with E-state index in [1.165, 1.54) is 12.8 Å². The predicted octanol–water partition coefficient (Wildman–Crippen LogP) is 2.00. The van der Waals surface area contributed by atoms with Crippen molar-refractivity contribution in [2.24, 2.45) is 5.92 Å². The number of carbonyl (C=O) groups is 2. The summed E-state index contributed by atoms with van der Waals surface area (Å²) in [6.07, 6.45) is 8.60. The van der Waals surface area contributed by atoms with Crippen LogP contribution in [0.25, 0.3) is 0 Å². The number of carboxylic acids is 1. The van der Waals surface area contributed by atoms with Crippen LogP contribution in [-0.4, -0.2) is 83.8 Å². The van der Waals surface area contributed by atoms with Crippen LogP contribution in [0.4, 0.5) is 0 Å². The number of hydrogen-bond donors (Lipinski definition) is 2. The molecule has 0 unspecified atom stereocenters. The monoisotopic (exact) mass is 438 g/mol. The Hall–Kier alpha value is -0.600. The number of piperazine rings is 1. The third kappa shape index (κ3) is 7.02. The Labute approximate surface area is 181 Å². The number of nitrogens with one attached hydrogen (secondary N) is 1. The number of halogens is 2. The van der Waals surface area contributed by atoms with Gasteiger partial charge in [0.25, 0.3) is 0 Å². The Bertz CT molecular complexity index is 464. The van der Waals surface area contributed by atoms with Gasteiger partial charge in [-0.2, -0.15) is 0 Å². The molecule has 0 spiro atoms. The van der Waals surface area contributed by atoms with E-state index < -0.39 is 5.97 Å². The Morgan fingerprint density at radius 3 is 2.14 bits per heavy atom. The fourth-order valence-corrected chi connectivity index (χ4v) is 4.89. The van der Waals surface area contributed by atoms with Gasteiger partial charge in [-0.25, -0.2) is 5.01 Å². The number of carboxylic acid groups (broad SMARTS) is 1. The first kappa shape index (κ1) is 25.4. The van der Waals surface area contributed by atoms with E-state index in [9.17, 15) is 9.59 Å². The molecule has 3 fully saturated rings. The largest absolute Gasteiger partial charge is 0.481 e. The van der Waals surface area contributed by atoms with Crippen molar-refractivity contribution < 1.29 is 14.7 Å². The van der Waals surface area contributed by atoms with Crippen molar-refractivity contribution in [2.45, 2.75) is 63.5 Å². The smallest absolute Gasteiger partial charge is 0.303 e. The molecule has 0 aromatic rings. The molecular weight excluding hydrogens is 403 g/mol. The second-order valence-electron chi connectivity index (χ2n) is 8.06. The minimum absolute atomic E-state index is 0. The molecule has 1 amide bonds. The van der Waals surface area contributed by atoms with Gasteiger partial charge < -0.3 is 10.4 Å². The Balaban J connectivity index is 0.00000196. The first-order valence-electron chi connectivity index (χ1n) is 10.3. The second-order valence-corrected chi connectivity index (χ2v) is 8.06. The molecule has 0 radical (unpaired) electrons. The molecular formula is C19H36Cl2N4O3. The lowest BCUT2D eigenvalue weighted by Gasteiger charge is -2.46. The molecule has 0 aromatic heterocycles. The summed E-state index contributed by atoms with van der Waals surface area (Å²) < 4.78 is 0. The third-order valence-electron chi connectivity index (χ3n) is 6.51. The van der Waals surface area contributed by atoms with E-state index in [4.69, 9.17) is 5.11 Å². The van der Waals surface area contributed by atoms with Gasteiger partial charge >= 0.3 is 5.97 Å². The van der Waals surface area contributed by atoms with Crippen LogP contribution in [-0.2, 0) is 9.59 Å². The van der Waals surface area contributed by atoms with Crippen LogP contribution >= 0.6 is 24.8 Å². The van der Waals surface area contributed by atoms with Crippen molar-refractivity contribution in [3.63, 3.8) is 0 Å². The van der Waals surface area contributed by atoms with Crippen molar-refractivity contribution in [1.82, 2.24) is 20.2 Å². The first-order valence-corrected chi connectivity index (χ1v) is 10.3. The summed E-state index contributed by atoms with van der Waals surface area (Å²) in [6, 6.07) is 0.992. The molecule has 2 aliphatic heterocycles. The van der Waals surface area contributed by atoms with Crippen LogP contribution in [0.15, 0.2) is 0 Å². The van der Waals surface area contributed by atoms with Gasteiger partial charge in [0.2, 0.25) is 6.41 Å². The summed E-state index contributed by atoms with van der Waals surface area (Å²) in [7, 11) is 0. The average Bonchev–Trinajstić information content (AvgIpc) is 2.69. The zero-order chi connectivity index (χ0) is 18.4. The van der Waals surface area contributed by atoms with E-state index in [1.807, 2.05) is 5.01 Å². The highest BCUT2D eigenvalue weighted by Gasteiger charge is 2.32. The fraction of sp³-hybridized carbons (Fsp3) is 0.895. The molecule has 0 aromatic carbocycles. The first-order chi connectivity index (χ1) is 12.7. The maximum absolute atomic E-state index is 11.8. The predicted molar refractivity (Wildman–Crippen MR) is 114 cm³/mol. The lowest BCUT2D eigenvalue weighted by molar-refractivity contribution is -0.148. The highest BCUT2D eigenvalue weighted by atomic mass is 35.5. The van der Waals surface area contributed by atoms with Gasteiger partial charge in [-0.15, -0.1) is 24.8 Å². The minimum atomic E-state index is -0.701. The molecule has 2 saturated heterocycles. The number of carbonyl (C=O) groups excluding carboxylic acids is 1. The lowest BCUT2D eigenvalue weighted by Crippen LogP contribution is -2.59. The van der Waals surface area contributed by atoms with Crippen LogP contribution < -0.4 is 5.32 Å². The number of aliphatic carboxylic acids is 1. The summed E-state index contributed by atoms with van der Waals surface area (Å²) in [4.78, 5) is 25.1. The van der Waals surface area contributed by atoms with E-state index >= 15 is 0 Å². The zero-order valence-corrected chi connectivity index (χ0v) is 18.3. The third-order valence-corrected chi connectivity index (χ3v) is 6.51. The molecule has 28 heavy (non-hydrogen) atoms. The summed E-state index contributed by atoms with van der Waals surface area (Å²) in [6.45, 7) is 6.20. The molecule has 3 rings (SSSR count). The molecule has 2 N–H and O–H groups in total. The molecule has 0 bridgehead atoms. The van der Waals surface area contributed by atoms with E-state index in [-0.39, 0.29) is 31.2 Å². The lowest BCUT2D eigenvalue weighted by atomic mass is 9.83. The van der Waals surface area contributed by atoms with Crippen LogP contribution in [0.2, 0.25) is 0 Å². The highest BCUT2D eigenvalue weighted by Crippen LogP contribution is 2.31. The van der Waals surface area contributed by atoms with Crippen molar-refractivity contribution in [1.29, 1.82) is 0 Å². The van der Waals surface area contributed by atoms with E-state index in [2.05, 4.69) is 15.2 Å². The quantitative estimate of drug-likeness (QED) is 0.591. The topological polar surface area (TPSA) is 76.1 Å². The van der Waals surface area contributed by atoms with Crippen LogP contribution in [0.3, 0.4) is 0 Å². The number of nitrogens with zero attached hydrogens (tertiary/aromatic N) is 3. The van der Waals surface area contributed by atoms with Crippen molar-refractivity contribution in [3.8, 4) is 0 Å². The van der Waals surface area contributed by atoms with Gasteiger partial charge in [0.15, 0.2) is 0 Å². The van der Waals surface area contributed by atoms with Crippen molar-refractivity contribution in [2.75, 3.05) is 39.3 Å². The number of amides is 1. The average molecular weight is 439 g/mol. The maximum atomic E-state index is 11.8. The maximum Gasteiger partial charge on any atom is 0.303 e. The van der Waals surface area contributed by atoms with Gasteiger partial charge in [-0.3, -0.25) is 19.5 Å². The Morgan fingerprint density at radius 2 is 1.61 bits per heavy atom. The number of rotatable bonds is 7. The molecule has 0 atom stereocenters. The normalized spacial score (nSPS) is 27.3. The van der Waals surface area contributed by atoms with Crippen molar-refractivity contribution in [3.05, 3.63) is 0 Å². The zero-order valence-electron chi connectivity index (χ0n) is 16.6. The van der Waals surface area contributed by atoms with E-state index in [0.29, 0.717) is 18.0 Å². The molecule has 7 nitrogen and oxygen atoms in total. The van der Waals surface area contributed by atoms with Crippen molar-refractivity contribution >= 4 is 37.2 Å². The number of piperidine rings is 1. The molecule has 9 heteroatoms. The SMILES string of the molecule is Cl.Cl.O=CN([C@H]1CC[C@H](CCC(=O)O)CC1)N1CCN(C2CCNCC2)CC1. The summed E-state index contributed by atoms with van der Waals surface area (Å²) in [5.74, 6) is -0.194. The summed E-state index contributed by atoms with van der Waals surface area (Å²) in [5, 5.41) is 16.5. The van der Waals surface area contributed by atoms with Gasteiger partial charge in [-0.05, 0) is 64.0 Å². The van der Waals surface area contributed by atoms with Gasteiger partial charge in [-0.1, -0.05) is 0 Å². The molecule has 1 saturated carbocycles. The van der Waals surface area contributed by atoms with E-state index in [1.54, 1.807) is 0 Å². The molecule has 1 aliphatic carbocycles. The van der Waals surface area contributed by atoms with Gasteiger partial charge in [0.1, 0.15) is 0 Å². The standard InChI is InChI=1S/C19H34N4O3.2ClH/c24-15-23(18-4-1-16(2-5-18)3-6-19(25)26)22-13-11-21(12-14-22)17-7-9-20-10-8-17;;/h15-18,20H,1-14H2,(H,25,26);2*1H/t16-,18-;;. The highest BCUT2D eigenvalue weighted by molar-refractivity contribution is 5.85. The van der Waals surface area contributed by atoms with Crippen LogP contribution in [0.5, 0.6) is 0 Å². The second kappa shape index (κ2) is 12.9. The molecule has 164 valence electrons. The van der Waals surface area contributed by atoms with Gasteiger partial charge in [0.05, 0.1) is 0 Å².